The molecule has 1 unspecified atom stereocenters. The van der Waals surface area contributed by atoms with E-state index in [4.69, 9.17) is 4.42 Å². The first-order chi connectivity index (χ1) is 12.2. The van der Waals surface area contributed by atoms with Crippen LogP contribution < -0.4 is 16.0 Å². The summed E-state index contributed by atoms with van der Waals surface area (Å²) in [5.41, 5.74) is 2.46. The maximum Gasteiger partial charge on any atom is 0.417 e. The number of hydrogen-bond donors (Lipinski definition) is 2. The van der Waals surface area contributed by atoms with Gasteiger partial charge < -0.3 is 14.6 Å². The minimum Gasteiger partial charge on any atom is -0.408 e. The summed E-state index contributed by atoms with van der Waals surface area (Å²) in [6.45, 7) is 4.07. The van der Waals surface area contributed by atoms with Gasteiger partial charge in [0.1, 0.15) is 0 Å². The van der Waals surface area contributed by atoms with Crippen molar-refractivity contribution in [3.05, 3.63) is 52.6 Å². The normalized spacial score (nSPS) is 17.1. The number of rotatable bonds is 4. The van der Waals surface area contributed by atoms with E-state index >= 15 is 0 Å². The summed E-state index contributed by atoms with van der Waals surface area (Å²) in [5.74, 6) is 0.533. The molecule has 1 fully saturated rings. The highest BCUT2D eigenvalue weighted by atomic mass is 16.4. The number of anilines is 1. The summed E-state index contributed by atoms with van der Waals surface area (Å²) in [6, 6.07) is 10.4. The Bertz CT molecular complexity index is 896. The quantitative estimate of drug-likeness (QED) is 0.758. The second-order valence-electron chi connectivity index (χ2n) is 6.50. The first-order valence-electron chi connectivity index (χ1n) is 8.60. The highest BCUT2D eigenvalue weighted by Crippen LogP contribution is 2.22. The number of nitrogens with one attached hydrogen (secondary N) is 2. The smallest absolute Gasteiger partial charge is 0.408 e. The molecule has 0 amide bonds. The average molecular weight is 339 g/mol. The summed E-state index contributed by atoms with van der Waals surface area (Å²) in [6.07, 6.45) is 3.81. The van der Waals surface area contributed by atoms with E-state index in [-0.39, 0.29) is 6.04 Å². The lowest BCUT2D eigenvalue weighted by Crippen LogP contribution is -2.43. The van der Waals surface area contributed by atoms with Crippen LogP contribution in [0.15, 0.2) is 45.7 Å². The van der Waals surface area contributed by atoms with Crippen LogP contribution in [0, 0.1) is 0 Å². The second kappa shape index (κ2) is 6.68. The number of benzene rings is 1. The molecule has 0 bridgehead atoms. The summed E-state index contributed by atoms with van der Waals surface area (Å²) in [4.78, 5) is 16.2. The molecule has 7 heteroatoms. The number of fused-ring (bicyclic) bond motifs is 1. The van der Waals surface area contributed by atoms with Crippen LogP contribution >= 0.6 is 0 Å². The minimum absolute atomic E-state index is 0.192. The number of oxazole rings is 1. The van der Waals surface area contributed by atoms with Crippen molar-refractivity contribution in [2.75, 3.05) is 18.0 Å². The molecule has 2 N–H and O–H groups in total. The fourth-order valence-corrected chi connectivity index (χ4v) is 3.42. The molecule has 25 heavy (non-hydrogen) atoms. The van der Waals surface area contributed by atoms with Gasteiger partial charge in [-0.05, 0) is 49.6 Å². The van der Waals surface area contributed by atoms with Crippen molar-refractivity contribution in [2.24, 2.45) is 0 Å². The predicted octanol–water partition coefficient (Wildman–Crippen LogP) is 2.23. The maximum atomic E-state index is 11.3. The van der Waals surface area contributed by atoms with Crippen molar-refractivity contribution < 1.29 is 4.42 Å². The Morgan fingerprint density at radius 3 is 2.92 bits per heavy atom. The van der Waals surface area contributed by atoms with Gasteiger partial charge in [-0.15, -0.1) is 5.10 Å². The third kappa shape index (κ3) is 3.41. The Morgan fingerprint density at radius 2 is 2.16 bits per heavy atom. The zero-order valence-corrected chi connectivity index (χ0v) is 14.1. The van der Waals surface area contributed by atoms with Crippen molar-refractivity contribution >= 4 is 16.9 Å². The monoisotopic (exact) mass is 339 g/mol. The van der Waals surface area contributed by atoms with Crippen molar-refractivity contribution in [3.8, 4) is 0 Å². The number of piperidine rings is 1. The average Bonchev–Trinajstić information content (AvgIpc) is 3.02. The zero-order chi connectivity index (χ0) is 17.2. The lowest BCUT2D eigenvalue weighted by Gasteiger charge is -2.34. The van der Waals surface area contributed by atoms with Crippen molar-refractivity contribution in [3.63, 3.8) is 0 Å². The van der Waals surface area contributed by atoms with Gasteiger partial charge in [-0.2, -0.15) is 5.10 Å². The molecule has 1 aliphatic heterocycles. The van der Waals surface area contributed by atoms with Gasteiger partial charge in [-0.3, -0.25) is 4.98 Å². The molecule has 1 aliphatic rings. The van der Waals surface area contributed by atoms with Crippen LogP contribution in [0.1, 0.15) is 31.4 Å². The Morgan fingerprint density at radius 1 is 1.32 bits per heavy atom. The van der Waals surface area contributed by atoms with Crippen molar-refractivity contribution in [1.82, 2.24) is 20.5 Å². The minimum atomic E-state index is -0.413. The van der Waals surface area contributed by atoms with Crippen LogP contribution in [-0.4, -0.2) is 34.3 Å². The fourth-order valence-electron chi connectivity index (χ4n) is 3.42. The van der Waals surface area contributed by atoms with Crippen molar-refractivity contribution in [1.29, 1.82) is 0 Å². The molecule has 7 nitrogen and oxygen atoms in total. The lowest BCUT2D eigenvalue weighted by atomic mass is 10.0. The highest BCUT2D eigenvalue weighted by molar-refractivity contribution is 5.72. The Balaban J connectivity index is 1.38. The van der Waals surface area contributed by atoms with E-state index in [0.29, 0.717) is 11.6 Å². The van der Waals surface area contributed by atoms with E-state index in [1.165, 1.54) is 0 Å². The summed E-state index contributed by atoms with van der Waals surface area (Å²) >= 11 is 0. The second-order valence-corrected chi connectivity index (χ2v) is 6.50. The zero-order valence-electron chi connectivity index (χ0n) is 14.1. The van der Waals surface area contributed by atoms with Crippen LogP contribution in [-0.2, 0) is 0 Å². The van der Waals surface area contributed by atoms with Crippen LogP contribution in [0.3, 0.4) is 0 Å². The maximum absolute atomic E-state index is 11.3. The Kier molecular flexibility index (Phi) is 4.23. The summed E-state index contributed by atoms with van der Waals surface area (Å²) in [7, 11) is 0. The molecule has 0 aliphatic carbocycles. The molecule has 130 valence electrons. The number of aromatic nitrogens is 3. The Labute approximate surface area is 145 Å². The van der Waals surface area contributed by atoms with Crippen molar-refractivity contribution in [2.45, 2.75) is 31.8 Å². The summed E-state index contributed by atoms with van der Waals surface area (Å²) < 4.78 is 5.15. The highest BCUT2D eigenvalue weighted by Gasteiger charge is 2.22. The van der Waals surface area contributed by atoms with E-state index in [2.05, 4.69) is 32.3 Å². The summed E-state index contributed by atoms with van der Waals surface area (Å²) in [5, 5.41) is 11.8. The largest absolute Gasteiger partial charge is 0.417 e. The van der Waals surface area contributed by atoms with Crippen LogP contribution in [0.2, 0.25) is 0 Å². The van der Waals surface area contributed by atoms with E-state index in [0.717, 1.165) is 42.8 Å². The third-order valence-corrected chi connectivity index (χ3v) is 4.81. The van der Waals surface area contributed by atoms with Crippen LogP contribution in [0.25, 0.3) is 11.1 Å². The molecule has 0 spiro atoms. The first kappa shape index (κ1) is 15.8. The van der Waals surface area contributed by atoms with E-state index in [9.17, 15) is 4.79 Å². The number of nitrogens with zero attached hydrogens (tertiary/aromatic N) is 3. The van der Waals surface area contributed by atoms with E-state index < -0.39 is 5.76 Å². The van der Waals surface area contributed by atoms with Gasteiger partial charge in [-0.1, -0.05) is 6.07 Å². The van der Waals surface area contributed by atoms with Gasteiger partial charge in [0.25, 0.3) is 0 Å². The Hall–Kier alpha value is -2.67. The lowest BCUT2D eigenvalue weighted by molar-refractivity contribution is 0.379. The molecule has 1 saturated heterocycles. The molecule has 3 aromatic rings. The molecule has 1 aromatic carbocycles. The van der Waals surface area contributed by atoms with Gasteiger partial charge >= 0.3 is 5.76 Å². The SMILES string of the molecule is CC(NC1CCN(c2cccnn2)CC1)c1ccc2[nH]c(=O)oc2c1. The number of aromatic amines is 1. The molecule has 2 aromatic heterocycles. The van der Waals surface area contributed by atoms with Gasteiger partial charge in [0.15, 0.2) is 11.4 Å². The van der Waals surface area contributed by atoms with Gasteiger partial charge in [0, 0.05) is 31.4 Å². The topological polar surface area (TPSA) is 87.0 Å². The molecule has 0 radical (unpaired) electrons. The number of hydrogen-bond acceptors (Lipinski definition) is 6. The first-order valence-corrected chi connectivity index (χ1v) is 8.60. The molecule has 3 heterocycles. The van der Waals surface area contributed by atoms with Crippen LogP contribution in [0.4, 0.5) is 5.82 Å². The van der Waals surface area contributed by atoms with E-state index in [1.807, 2.05) is 30.3 Å². The van der Waals surface area contributed by atoms with E-state index in [1.54, 1.807) is 6.20 Å². The molecule has 0 saturated carbocycles. The third-order valence-electron chi connectivity index (χ3n) is 4.81. The predicted molar refractivity (Wildman–Crippen MR) is 95.7 cm³/mol. The molecular weight excluding hydrogens is 318 g/mol. The molecule has 1 atom stereocenters. The fraction of sp³-hybridized carbons (Fsp3) is 0.389. The molecular formula is C18H21N5O2. The van der Waals surface area contributed by atoms with Crippen LogP contribution in [0.5, 0.6) is 0 Å². The van der Waals surface area contributed by atoms with Gasteiger partial charge in [-0.25, -0.2) is 4.79 Å². The molecule has 4 rings (SSSR count). The number of H-pyrrole nitrogens is 1. The standard InChI is InChI=1S/C18H21N5O2/c1-12(13-4-5-15-16(11-13)25-18(24)21-15)20-14-6-9-23(10-7-14)17-3-2-8-19-22-17/h2-5,8,11-12,14,20H,6-7,9-10H2,1H3,(H,21,24). The van der Waals surface area contributed by atoms with Gasteiger partial charge in [0.05, 0.1) is 5.52 Å². The van der Waals surface area contributed by atoms with Gasteiger partial charge in [0.2, 0.25) is 0 Å².